The Bertz CT molecular complexity index is 463. The Balaban J connectivity index is 2.06. The molecule has 1 fully saturated rings. The normalized spacial score (nSPS) is 18.2. The van der Waals surface area contributed by atoms with E-state index in [1.165, 1.54) is 32.1 Å². The Hall–Kier alpha value is -0.680. The van der Waals surface area contributed by atoms with Gasteiger partial charge < -0.3 is 0 Å². The molecule has 1 aliphatic carbocycles. The predicted molar refractivity (Wildman–Crippen MR) is 80.7 cm³/mol. The van der Waals surface area contributed by atoms with E-state index in [-0.39, 0.29) is 5.41 Å². The summed E-state index contributed by atoms with van der Waals surface area (Å²) in [5.74, 6) is 0.967. The van der Waals surface area contributed by atoms with Crippen LogP contribution in [0.4, 0.5) is 0 Å². The Labute approximate surface area is 121 Å². The van der Waals surface area contributed by atoms with Crippen molar-refractivity contribution in [3.63, 3.8) is 0 Å². The maximum absolute atomic E-state index is 5.36. The van der Waals surface area contributed by atoms with Crippen LogP contribution in [-0.4, -0.2) is 32.8 Å². The summed E-state index contributed by atoms with van der Waals surface area (Å²) < 4.78 is 2.65. The van der Waals surface area contributed by atoms with Crippen molar-refractivity contribution in [1.29, 1.82) is 0 Å². The summed E-state index contributed by atoms with van der Waals surface area (Å²) in [7, 11) is 2.19. The Morgan fingerprint density at radius 2 is 1.95 bits per heavy atom. The zero-order valence-corrected chi connectivity index (χ0v) is 13.4. The van der Waals surface area contributed by atoms with E-state index in [4.69, 9.17) is 12.2 Å². The molecule has 1 N–H and O–H groups in total. The third-order valence-corrected chi connectivity index (χ3v) is 4.26. The average molecular weight is 282 g/mol. The minimum Gasteiger partial charge on any atom is -0.284 e. The molecule has 0 aromatic carbocycles. The molecule has 2 rings (SSSR count). The van der Waals surface area contributed by atoms with Crippen LogP contribution in [0.5, 0.6) is 0 Å². The monoisotopic (exact) mass is 282 g/mol. The summed E-state index contributed by atoms with van der Waals surface area (Å²) in [6, 6.07) is 0.692. The molecule has 19 heavy (non-hydrogen) atoms. The van der Waals surface area contributed by atoms with Crippen LogP contribution in [0.1, 0.15) is 58.7 Å². The molecule has 1 aromatic rings. The van der Waals surface area contributed by atoms with Crippen LogP contribution in [0.2, 0.25) is 0 Å². The van der Waals surface area contributed by atoms with Crippen LogP contribution in [-0.2, 0) is 12.1 Å². The van der Waals surface area contributed by atoms with Gasteiger partial charge in [0, 0.05) is 11.5 Å². The van der Waals surface area contributed by atoms with Gasteiger partial charge in [-0.1, -0.05) is 40.0 Å². The molecule has 0 saturated heterocycles. The molecule has 1 aliphatic rings. The van der Waals surface area contributed by atoms with E-state index in [1.807, 2.05) is 4.68 Å². The van der Waals surface area contributed by atoms with Gasteiger partial charge in [-0.15, -0.1) is 0 Å². The second-order valence-electron chi connectivity index (χ2n) is 6.72. The summed E-state index contributed by atoms with van der Waals surface area (Å²) in [5.41, 5.74) is 0.0161. The van der Waals surface area contributed by atoms with Gasteiger partial charge in [0.25, 0.3) is 0 Å². The molecule has 0 bridgehead atoms. The van der Waals surface area contributed by atoms with Crippen LogP contribution >= 0.6 is 12.2 Å². The second-order valence-corrected chi connectivity index (χ2v) is 7.09. The number of rotatable bonds is 3. The topological polar surface area (TPSA) is 36.9 Å². The number of nitrogens with zero attached hydrogens (tertiary/aromatic N) is 3. The molecule has 0 aliphatic heterocycles. The highest BCUT2D eigenvalue weighted by atomic mass is 32.1. The van der Waals surface area contributed by atoms with Gasteiger partial charge in [-0.3, -0.25) is 10.00 Å². The van der Waals surface area contributed by atoms with E-state index in [1.54, 1.807) is 0 Å². The van der Waals surface area contributed by atoms with Gasteiger partial charge in [0.15, 0.2) is 0 Å². The van der Waals surface area contributed by atoms with Crippen molar-refractivity contribution in [3.05, 3.63) is 10.6 Å². The van der Waals surface area contributed by atoms with Gasteiger partial charge in [0.05, 0.1) is 6.67 Å². The van der Waals surface area contributed by atoms with Crippen molar-refractivity contribution in [2.45, 2.75) is 71.0 Å². The first-order chi connectivity index (χ1) is 8.88. The van der Waals surface area contributed by atoms with Crippen LogP contribution in [0.15, 0.2) is 0 Å². The summed E-state index contributed by atoms with van der Waals surface area (Å²) in [6.45, 7) is 7.26. The number of nitrogens with one attached hydrogen (secondary N) is 1. The van der Waals surface area contributed by atoms with Crippen molar-refractivity contribution < 1.29 is 0 Å². The van der Waals surface area contributed by atoms with Crippen molar-refractivity contribution in [3.8, 4) is 0 Å². The fourth-order valence-electron chi connectivity index (χ4n) is 2.65. The molecular formula is C14H26N4S. The molecule has 0 amide bonds. The Kier molecular flexibility index (Phi) is 4.46. The number of H-pyrrole nitrogens is 1. The lowest BCUT2D eigenvalue weighted by Gasteiger charge is -2.31. The molecule has 1 saturated carbocycles. The zero-order chi connectivity index (χ0) is 14.0. The van der Waals surface area contributed by atoms with Crippen molar-refractivity contribution >= 4 is 12.2 Å². The largest absolute Gasteiger partial charge is 0.284 e. The quantitative estimate of drug-likeness (QED) is 0.863. The highest BCUT2D eigenvalue weighted by Crippen LogP contribution is 2.22. The summed E-state index contributed by atoms with van der Waals surface area (Å²) >= 11 is 5.36. The van der Waals surface area contributed by atoms with E-state index in [0.717, 1.165) is 12.5 Å². The second kappa shape index (κ2) is 5.75. The first-order valence-corrected chi connectivity index (χ1v) is 7.66. The highest BCUT2D eigenvalue weighted by molar-refractivity contribution is 7.71. The fraction of sp³-hybridized carbons (Fsp3) is 0.857. The minimum absolute atomic E-state index is 0.0161. The summed E-state index contributed by atoms with van der Waals surface area (Å²) in [5, 5.41) is 3.35. The minimum atomic E-state index is 0.0161. The lowest BCUT2D eigenvalue weighted by atomic mass is 9.95. The maximum Gasteiger partial charge on any atom is 0.217 e. The molecule has 0 unspecified atom stereocenters. The van der Waals surface area contributed by atoms with Gasteiger partial charge in [-0.2, -0.15) is 0 Å². The molecule has 4 nitrogen and oxygen atoms in total. The fourth-order valence-corrected chi connectivity index (χ4v) is 2.84. The number of hydrogen-bond donors (Lipinski definition) is 1. The van der Waals surface area contributed by atoms with Gasteiger partial charge in [0.1, 0.15) is 5.82 Å². The van der Waals surface area contributed by atoms with Crippen LogP contribution < -0.4 is 0 Å². The lowest BCUT2D eigenvalue weighted by Crippen LogP contribution is -2.35. The molecule has 108 valence electrons. The Morgan fingerprint density at radius 1 is 1.32 bits per heavy atom. The van der Waals surface area contributed by atoms with Gasteiger partial charge in [-0.05, 0) is 32.1 Å². The number of hydrogen-bond acceptors (Lipinski definition) is 3. The molecule has 0 spiro atoms. The standard InChI is InChI=1S/C14H26N4S/c1-14(2,3)12-15-13(19)18(16-12)10-17(4)11-8-6-5-7-9-11/h11H,5-10H2,1-4H3,(H,15,16,19). The van der Waals surface area contributed by atoms with Gasteiger partial charge >= 0.3 is 0 Å². The van der Waals surface area contributed by atoms with Gasteiger partial charge in [-0.25, -0.2) is 9.67 Å². The van der Waals surface area contributed by atoms with Crippen LogP contribution in [0.3, 0.4) is 0 Å². The maximum atomic E-state index is 5.36. The average Bonchev–Trinajstić information content (AvgIpc) is 2.72. The first-order valence-electron chi connectivity index (χ1n) is 7.25. The zero-order valence-electron chi connectivity index (χ0n) is 12.6. The summed E-state index contributed by atoms with van der Waals surface area (Å²) in [4.78, 5) is 6.88. The third kappa shape index (κ3) is 3.66. The van der Waals surface area contributed by atoms with Gasteiger partial charge in [0.2, 0.25) is 4.77 Å². The smallest absolute Gasteiger partial charge is 0.217 e. The molecule has 1 heterocycles. The molecule has 0 radical (unpaired) electrons. The molecule has 1 aromatic heterocycles. The van der Waals surface area contributed by atoms with Crippen LogP contribution in [0.25, 0.3) is 0 Å². The van der Waals surface area contributed by atoms with Crippen LogP contribution in [0, 0.1) is 4.77 Å². The summed E-state index contributed by atoms with van der Waals surface area (Å²) in [6.07, 6.45) is 6.73. The van der Waals surface area contributed by atoms with E-state index in [2.05, 4.69) is 42.8 Å². The third-order valence-electron chi connectivity index (χ3n) is 3.95. The van der Waals surface area contributed by atoms with Crippen molar-refractivity contribution in [2.75, 3.05) is 7.05 Å². The predicted octanol–water partition coefficient (Wildman–Crippen LogP) is 3.46. The number of aromatic amines is 1. The van der Waals surface area contributed by atoms with E-state index in [9.17, 15) is 0 Å². The van der Waals surface area contributed by atoms with Crippen molar-refractivity contribution in [2.24, 2.45) is 0 Å². The van der Waals surface area contributed by atoms with E-state index >= 15 is 0 Å². The Morgan fingerprint density at radius 3 is 2.47 bits per heavy atom. The molecule has 5 heteroatoms. The van der Waals surface area contributed by atoms with Crippen molar-refractivity contribution in [1.82, 2.24) is 19.7 Å². The first kappa shape index (κ1) is 14.7. The molecule has 0 atom stereocenters. The van der Waals surface area contributed by atoms with E-state index in [0.29, 0.717) is 10.8 Å². The number of aromatic nitrogens is 3. The molecular weight excluding hydrogens is 256 g/mol. The lowest BCUT2D eigenvalue weighted by molar-refractivity contribution is 0.145. The highest BCUT2D eigenvalue weighted by Gasteiger charge is 2.21. The SMILES string of the molecule is CN(Cn1[nH]c(C(C)(C)C)nc1=S)C1CCCCC1. The van der Waals surface area contributed by atoms with E-state index < -0.39 is 0 Å².